The first-order valence-electron chi connectivity index (χ1n) is 8.36. The van der Waals surface area contributed by atoms with Crippen LogP contribution >= 0.6 is 0 Å². The van der Waals surface area contributed by atoms with Crippen molar-refractivity contribution in [1.29, 1.82) is 0 Å². The molecule has 8 nitrogen and oxygen atoms in total. The van der Waals surface area contributed by atoms with E-state index in [1.807, 2.05) is 0 Å². The number of nitrogens with zero attached hydrogens (tertiary/aromatic N) is 1. The van der Waals surface area contributed by atoms with Gasteiger partial charge in [-0.1, -0.05) is 18.7 Å². The zero-order valence-electron chi connectivity index (χ0n) is 15.3. The fourth-order valence-electron chi connectivity index (χ4n) is 2.79. The van der Waals surface area contributed by atoms with Gasteiger partial charge in [-0.3, -0.25) is 4.79 Å². The maximum absolute atomic E-state index is 12.8. The average molecular weight is 417 g/mol. The van der Waals surface area contributed by atoms with Crippen LogP contribution in [-0.4, -0.2) is 51.9 Å². The predicted octanol–water partition coefficient (Wildman–Crippen LogP) is 1.12. The number of nitrogens with one attached hydrogen (secondary N) is 1. The quantitative estimate of drug-likeness (QED) is 0.655. The summed E-state index contributed by atoms with van der Waals surface area (Å²) in [5.41, 5.74) is -0.615. The van der Waals surface area contributed by atoms with E-state index in [1.54, 1.807) is 13.8 Å². The average Bonchev–Trinajstić information content (AvgIpc) is 3.10. The van der Waals surface area contributed by atoms with E-state index in [9.17, 15) is 26.7 Å². The highest BCUT2D eigenvalue weighted by atomic mass is 32.2. The molecule has 0 aromatic heterocycles. The molecule has 0 amide bonds. The second kappa shape index (κ2) is 7.70. The molecule has 1 aromatic carbocycles. The summed E-state index contributed by atoms with van der Waals surface area (Å²) < 4.78 is 52.1. The van der Waals surface area contributed by atoms with E-state index < -0.39 is 31.4 Å². The first kappa shape index (κ1) is 21.5. The van der Waals surface area contributed by atoms with Gasteiger partial charge in [0, 0.05) is 25.0 Å². The maximum Gasteiger partial charge on any atom is 0.313 e. The van der Waals surface area contributed by atoms with Crippen LogP contribution in [0.4, 0.5) is 0 Å². The first-order chi connectivity index (χ1) is 12.4. The van der Waals surface area contributed by atoms with Gasteiger partial charge in [0.15, 0.2) is 0 Å². The first-order valence-corrected chi connectivity index (χ1v) is 11.3. The lowest BCUT2D eigenvalue weighted by Crippen LogP contribution is -2.32. The van der Waals surface area contributed by atoms with Crippen LogP contribution in [0, 0.1) is 5.92 Å². The van der Waals surface area contributed by atoms with Crippen molar-refractivity contribution in [3.8, 4) is 0 Å². The number of aliphatic carboxylic acids is 1. The molecule has 1 aliphatic heterocycles. The Morgan fingerprint density at radius 2 is 1.89 bits per heavy atom. The molecule has 0 saturated carbocycles. The van der Waals surface area contributed by atoms with Gasteiger partial charge in [-0.2, -0.15) is 4.31 Å². The number of hydrogen-bond acceptors (Lipinski definition) is 5. The zero-order chi connectivity index (χ0) is 20.5. The molecule has 10 heteroatoms. The normalized spacial score (nSPS) is 19.1. The van der Waals surface area contributed by atoms with Crippen LogP contribution < -0.4 is 4.72 Å². The summed E-state index contributed by atoms with van der Waals surface area (Å²) in [6.45, 7) is 6.97. The molecule has 2 N–H and O–H groups in total. The maximum atomic E-state index is 12.8. The molecule has 2 rings (SSSR count). The zero-order valence-corrected chi connectivity index (χ0v) is 16.9. The van der Waals surface area contributed by atoms with Crippen LogP contribution in [0.2, 0.25) is 0 Å². The molecule has 0 radical (unpaired) electrons. The van der Waals surface area contributed by atoms with Gasteiger partial charge in [-0.15, -0.1) is 0 Å². The molecule has 1 fully saturated rings. The molecule has 150 valence electrons. The molecule has 1 unspecified atom stereocenters. The lowest BCUT2D eigenvalue weighted by molar-refractivity contribution is -0.142. The highest BCUT2D eigenvalue weighted by Gasteiger charge is 2.34. The van der Waals surface area contributed by atoms with E-state index in [-0.39, 0.29) is 23.9 Å². The summed E-state index contributed by atoms with van der Waals surface area (Å²) in [4.78, 5) is 11.4. The summed E-state index contributed by atoms with van der Waals surface area (Å²) in [5, 5.41) is 10.1. The molecule has 1 saturated heterocycles. The topological polar surface area (TPSA) is 121 Å². The third-order valence-corrected chi connectivity index (χ3v) is 7.68. The van der Waals surface area contributed by atoms with E-state index in [0.717, 1.165) is 5.41 Å². The highest BCUT2D eigenvalue weighted by Crippen LogP contribution is 2.28. The molecule has 1 atom stereocenters. The molecular formula is C17H24N2O6S2. The van der Waals surface area contributed by atoms with Crippen molar-refractivity contribution in [2.45, 2.75) is 30.6 Å². The van der Waals surface area contributed by atoms with Crippen LogP contribution in [0.1, 0.15) is 25.8 Å². The fourth-order valence-corrected chi connectivity index (χ4v) is 4.91. The highest BCUT2D eigenvalue weighted by molar-refractivity contribution is 7.92. The van der Waals surface area contributed by atoms with Crippen molar-refractivity contribution < 1.29 is 26.7 Å². The van der Waals surface area contributed by atoms with Crippen LogP contribution in [0.15, 0.2) is 41.1 Å². The second-order valence-electron chi connectivity index (χ2n) is 7.03. The number of carboxylic acids is 1. The SMILES string of the molecule is C=CS(=O)(=O)NCC1CCN(S(=O)(=O)c2ccc(C(C)(C)C(=O)O)cc2)C1. The molecule has 0 aliphatic carbocycles. The lowest BCUT2D eigenvalue weighted by atomic mass is 9.85. The number of sulfonamides is 2. The molecule has 27 heavy (non-hydrogen) atoms. The van der Waals surface area contributed by atoms with Gasteiger partial charge in [0.05, 0.1) is 10.3 Å². The van der Waals surface area contributed by atoms with Crippen molar-refractivity contribution in [2.24, 2.45) is 5.92 Å². The Morgan fingerprint density at radius 1 is 1.30 bits per heavy atom. The van der Waals surface area contributed by atoms with Crippen molar-refractivity contribution in [1.82, 2.24) is 9.03 Å². The molecule has 1 aromatic rings. The summed E-state index contributed by atoms with van der Waals surface area (Å²) in [6.07, 6.45) is 0.545. The van der Waals surface area contributed by atoms with Crippen molar-refractivity contribution >= 4 is 26.0 Å². The summed E-state index contributed by atoms with van der Waals surface area (Å²) in [7, 11) is -7.26. The number of benzene rings is 1. The number of carbonyl (C=O) groups is 1. The fraction of sp³-hybridized carbons (Fsp3) is 0.471. The predicted molar refractivity (Wildman–Crippen MR) is 101 cm³/mol. The van der Waals surface area contributed by atoms with Gasteiger partial charge in [0.25, 0.3) is 0 Å². The van der Waals surface area contributed by atoms with E-state index in [4.69, 9.17) is 0 Å². The summed E-state index contributed by atoms with van der Waals surface area (Å²) >= 11 is 0. The minimum atomic E-state index is -3.72. The standard InChI is InChI=1S/C17H24N2O6S2/c1-4-26(22,23)18-11-13-9-10-19(12-13)27(24,25)15-7-5-14(6-8-15)17(2,3)16(20)21/h4-8,13,18H,1,9-12H2,2-3H3,(H,20,21). The number of carboxylic acid groups (broad SMARTS) is 1. The Morgan fingerprint density at radius 3 is 2.41 bits per heavy atom. The molecule has 1 heterocycles. The third-order valence-electron chi connectivity index (χ3n) is 4.79. The number of hydrogen-bond donors (Lipinski definition) is 2. The van der Waals surface area contributed by atoms with Gasteiger partial charge in [0.1, 0.15) is 0 Å². The van der Waals surface area contributed by atoms with Crippen molar-refractivity contribution in [3.05, 3.63) is 41.8 Å². The van der Waals surface area contributed by atoms with E-state index in [2.05, 4.69) is 11.3 Å². The van der Waals surface area contributed by atoms with Crippen LogP contribution in [0.3, 0.4) is 0 Å². The third kappa shape index (κ3) is 4.75. The van der Waals surface area contributed by atoms with Crippen LogP contribution in [0.25, 0.3) is 0 Å². The summed E-state index contributed by atoms with van der Waals surface area (Å²) in [5.74, 6) is -1.12. The van der Waals surface area contributed by atoms with E-state index >= 15 is 0 Å². The van der Waals surface area contributed by atoms with Crippen molar-refractivity contribution in [3.63, 3.8) is 0 Å². The Balaban J connectivity index is 2.11. The largest absolute Gasteiger partial charge is 0.481 e. The van der Waals surface area contributed by atoms with Gasteiger partial charge in [-0.05, 0) is 43.9 Å². The molecular weight excluding hydrogens is 392 g/mol. The van der Waals surface area contributed by atoms with E-state index in [0.29, 0.717) is 18.5 Å². The molecule has 1 aliphatic rings. The van der Waals surface area contributed by atoms with Gasteiger partial charge >= 0.3 is 5.97 Å². The smallest absolute Gasteiger partial charge is 0.313 e. The summed E-state index contributed by atoms with van der Waals surface area (Å²) in [6, 6.07) is 5.83. The minimum absolute atomic E-state index is 0.0831. The number of rotatable bonds is 8. The lowest BCUT2D eigenvalue weighted by Gasteiger charge is -2.21. The Labute approximate surface area is 160 Å². The van der Waals surface area contributed by atoms with Gasteiger partial charge in [0.2, 0.25) is 20.0 Å². The Hall–Kier alpha value is -1.75. The van der Waals surface area contributed by atoms with Crippen molar-refractivity contribution in [2.75, 3.05) is 19.6 Å². The Kier molecular flexibility index (Phi) is 6.15. The van der Waals surface area contributed by atoms with Gasteiger partial charge < -0.3 is 5.11 Å². The second-order valence-corrected chi connectivity index (χ2v) is 10.7. The van der Waals surface area contributed by atoms with Gasteiger partial charge in [-0.25, -0.2) is 21.6 Å². The monoisotopic (exact) mass is 416 g/mol. The molecule has 0 bridgehead atoms. The van der Waals surface area contributed by atoms with E-state index in [1.165, 1.54) is 28.6 Å². The Bertz CT molecular complexity index is 921. The minimum Gasteiger partial charge on any atom is -0.481 e. The van der Waals surface area contributed by atoms with Crippen LogP contribution in [0.5, 0.6) is 0 Å². The van der Waals surface area contributed by atoms with Crippen LogP contribution in [-0.2, 0) is 30.3 Å². The molecule has 0 spiro atoms.